The largest absolute Gasteiger partial charge is 0.496 e. The van der Waals surface area contributed by atoms with Crippen LogP contribution in [0.15, 0.2) is 24.3 Å². The van der Waals surface area contributed by atoms with Crippen molar-refractivity contribution >= 4 is 0 Å². The van der Waals surface area contributed by atoms with E-state index in [0.717, 1.165) is 35.9 Å². The topological polar surface area (TPSA) is 39.9 Å². The first-order valence-corrected chi connectivity index (χ1v) is 6.35. The molecule has 94 valence electrons. The summed E-state index contributed by atoms with van der Waals surface area (Å²) < 4.78 is 7.39. The van der Waals surface area contributed by atoms with Gasteiger partial charge < -0.3 is 4.74 Å². The predicted octanol–water partition coefficient (Wildman–Crippen LogP) is 2.54. The molecule has 0 bridgehead atoms. The zero-order chi connectivity index (χ0) is 12.5. The van der Waals surface area contributed by atoms with Gasteiger partial charge in [-0.15, -0.1) is 0 Å². The summed E-state index contributed by atoms with van der Waals surface area (Å²) >= 11 is 0. The van der Waals surface area contributed by atoms with Crippen molar-refractivity contribution in [2.24, 2.45) is 5.92 Å². The molecule has 0 aliphatic carbocycles. The van der Waals surface area contributed by atoms with E-state index < -0.39 is 0 Å². The van der Waals surface area contributed by atoms with Crippen LogP contribution in [-0.4, -0.2) is 21.9 Å². The molecule has 0 saturated carbocycles. The number of rotatable bonds is 2. The summed E-state index contributed by atoms with van der Waals surface area (Å²) in [5, 5.41) is 4.59. The zero-order valence-corrected chi connectivity index (χ0v) is 10.8. The molecule has 0 amide bonds. The summed E-state index contributed by atoms with van der Waals surface area (Å²) in [4.78, 5) is 4.65. The number of hydrogen-bond acceptors (Lipinski definition) is 3. The molecular formula is C14H17N3O. The average Bonchev–Trinajstić information content (AvgIpc) is 2.81. The Hall–Kier alpha value is -1.84. The van der Waals surface area contributed by atoms with Crippen molar-refractivity contribution in [2.75, 3.05) is 7.11 Å². The number of nitrogens with zero attached hydrogens (tertiary/aromatic N) is 3. The van der Waals surface area contributed by atoms with Gasteiger partial charge in [0.1, 0.15) is 11.6 Å². The van der Waals surface area contributed by atoms with E-state index >= 15 is 0 Å². The number of aromatic nitrogens is 3. The molecule has 18 heavy (non-hydrogen) atoms. The fourth-order valence-corrected chi connectivity index (χ4v) is 2.40. The van der Waals surface area contributed by atoms with Gasteiger partial charge in [0.2, 0.25) is 0 Å². The number of fused-ring (bicyclic) bond motifs is 1. The first kappa shape index (κ1) is 11.3. The Kier molecular flexibility index (Phi) is 2.78. The van der Waals surface area contributed by atoms with Gasteiger partial charge in [-0.1, -0.05) is 19.1 Å². The molecule has 1 aromatic heterocycles. The SMILES string of the molecule is COc1ccccc1-c1nc2n(n1)CCC(C)C2. The summed E-state index contributed by atoms with van der Waals surface area (Å²) in [7, 11) is 1.68. The van der Waals surface area contributed by atoms with Gasteiger partial charge >= 0.3 is 0 Å². The second kappa shape index (κ2) is 4.44. The number of hydrogen-bond donors (Lipinski definition) is 0. The van der Waals surface area contributed by atoms with E-state index in [1.807, 2.05) is 28.9 Å². The van der Waals surface area contributed by atoms with E-state index in [2.05, 4.69) is 17.0 Å². The van der Waals surface area contributed by atoms with Gasteiger partial charge in [-0.05, 0) is 24.5 Å². The zero-order valence-electron chi connectivity index (χ0n) is 10.8. The van der Waals surface area contributed by atoms with Crippen molar-refractivity contribution < 1.29 is 4.74 Å². The minimum Gasteiger partial charge on any atom is -0.496 e. The second-order valence-electron chi connectivity index (χ2n) is 4.87. The molecule has 4 nitrogen and oxygen atoms in total. The molecule has 0 fully saturated rings. The van der Waals surface area contributed by atoms with Gasteiger partial charge in [0.25, 0.3) is 0 Å². The minimum absolute atomic E-state index is 0.701. The molecule has 4 heteroatoms. The second-order valence-corrected chi connectivity index (χ2v) is 4.87. The molecule has 3 rings (SSSR count). The number of aryl methyl sites for hydroxylation is 1. The van der Waals surface area contributed by atoms with Crippen LogP contribution in [0.1, 0.15) is 19.2 Å². The van der Waals surface area contributed by atoms with Crippen LogP contribution in [0.2, 0.25) is 0 Å². The molecule has 1 aliphatic rings. The molecule has 0 radical (unpaired) electrons. The molecule has 1 atom stereocenters. The third-order valence-corrected chi connectivity index (χ3v) is 3.46. The summed E-state index contributed by atoms with van der Waals surface area (Å²) in [6.07, 6.45) is 2.20. The summed E-state index contributed by atoms with van der Waals surface area (Å²) in [5.41, 5.74) is 0.967. The van der Waals surface area contributed by atoms with Crippen LogP contribution in [0.5, 0.6) is 5.75 Å². The van der Waals surface area contributed by atoms with Crippen molar-refractivity contribution in [1.82, 2.24) is 14.8 Å². The number of benzene rings is 1. The van der Waals surface area contributed by atoms with E-state index in [-0.39, 0.29) is 0 Å². The van der Waals surface area contributed by atoms with Gasteiger partial charge in [0.05, 0.1) is 12.7 Å². The molecule has 2 aromatic rings. The summed E-state index contributed by atoms with van der Waals surface area (Å²) in [5.74, 6) is 3.40. The predicted molar refractivity (Wildman–Crippen MR) is 69.5 cm³/mol. The van der Waals surface area contributed by atoms with Gasteiger partial charge in [0, 0.05) is 13.0 Å². The minimum atomic E-state index is 0.701. The van der Waals surface area contributed by atoms with Crippen LogP contribution < -0.4 is 4.74 Å². The Morgan fingerprint density at radius 2 is 2.17 bits per heavy atom. The van der Waals surface area contributed by atoms with Crippen LogP contribution in [0.4, 0.5) is 0 Å². The van der Waals surface area contributed by atoms with Crippen molar-refractivity contribution in [3.05, 3.63) is 30.1 Å². The third kappa shape index (κ3) is 1.88. The lowest BCUT2D eigenvalue weighted by molar-refractivity contribution is 0.386. The summed E-state index contributed by atoms with van der Waals surface area (Å²) in [6.45, 7) is 3.24. The van der Waals surface area contributed by atoms with E-state index in [9.17, 15) is 0 Å². The lowest BCUT2D eigenvalue weighted by Crippen LogP contribution is -2.18. The van der Waals surface area contributed by atoms with E-state index in [1.54, 1.807) is 7.11 Å². The monoisotopic (exact) mass is 243 g/mol. The first-order chi connectivity index (χ1) is 8.78. The van der Waals surface area contributed by atoms with Crippen molar-refractivity contribution in [3.8, 4) is 17.1 Å². The van der Waals surface area contributed by atoms with Crippen LogP contribution in [0.3, 0.4) is 0 Å². The van der Waals surface area contributed by atoms with Gasteiger partial charge in [0.15, 0.2) is 5.82 Å². The Morgan fingerprint density at radius 3 is 3.00 bits per heavy atom. The smallest absolute Gasteiger partial charge is 0.185 e. The maximum Gasteiger partial charge on any atom is 0.185 e. The fraction of sp³-hybridized carbons (Fsp3) is 0.429. The molecule has 0 saturated heterocycles. The van der Waals surface area contributed by atoms with Crippen LogP contribution in [0.25, 0.3) is 11.4 Å². The average molecular weight is 243 g/mol. The highest BCUT2D eigenvalue weighted by molar-refractivity contribution is 5.63. The van der Waals surface area contributed by atoms with Crippen molar-refractivity contribution in [3.63, 3.8) is 0 Å². The standard InChI is InChI=1S/C14H17N3O/c1-10-7-8-17-13(9-10)15-14(16-17)11-5-3-4-6-12(11)18-2/h3-6,10H,7-9H2,1-2H3. The molecule has 0 N–H and O–H groups in total. The quantitative estimate of drug-likeness (QED) is 0.813. The van der Waals surface area contributed by atoms with Gasteiger partial charge in [-0.2, -0.15) is 5.10 Å². The summed E-state index contributed by atoms with van der Waals surface area (Å²) in [6, 6.07) is 7.89. The Bertz CT molecular complexity index is 562. The normalized spacial score (nSPS) is 18.4. The molecule has 1 unspecified atom stereocenters. The molecule has 1 aliphatic heterocycles. The van der Waals surface area contributed by atoms with Crippen LogP contribution in [0, 0.1) is 5.92 Å². The number of para-hydroxylation sites is 1. The Morgan fingerprint density at radius 1 is 1.33 bits per heavy atom. The van der Waals surface area contributed by atoms with E-state index in [0.29, 0.717) is 5.92 Å². The van der Waals surface area contributed by atoms with Crippen LogP contribution >= 0.6 is 0 Å². The first-order valence-electron chi connectivity index (χ1n) is 6.35. The van der Waals surface area contributed by atoms with Crippen molar-refractivity contribution in [2.45, 2.75) is 26.3 Å². The highest BCUT2D eigenvalue weighted by atomic mass is 16.5. The molecule has 1 aromatic carbocycles. The van der Waals surface area contributed by atoms with Crippen LogP contribution in [-0.2, 0) is 13.0 Å². The number of ether oxygens (including phenoxy) is 1. The highest BCUT2D eigenvalue weighted by Crippen LogP contribution is 2.28. The molecule has 0 spiro atoms. The lowest BCUT2D eigenvalue weighted by Gasteiger charge is -2.17. The van der Waals surface area contributed by atoms with E-state index in [1.165, 1.54) is 6.42 Å². The lowest BCUT2D eigenvalue weighted by atomic mass is 10.0. The third-order valence-electron chi connectivity index (χ3n) is 3.46. The Balaban J connectivity index is 2.02. The van der Waals surface area contributed by atoms with E-state index in [4.69, 9.17) is 4.74 Å². The fourth-order valence-electron chi connectivity index (χ4n) is 2.40. The van der Waals surface area contributed by atoms with Crippen molar-refractivity contribution in [1.29, 1.82) is 0 Å². The van der Waals surface area contributed by atoms with Gasteiger partial charge in [-0.25, -0.2) is 9.67 Å². The Labute approximate surface area is 107 Å². The highest BCUT2D eigenvalue weighted by Gasteiger charge is 2.20. The maximum absolute atomic E-state index is 5.36. The maximum atomic E-state index is 5.36. The molecular weight excluding hydrogens is 226 g/mol. The van der Waals surface area contributed by atoms with Gasteiger partial charge in [-0.3, -0.25) is 0 Å². The molecule has 2 heterocycles. The number of methoxy groups -OCH3 is 1.